The zero-order valence-electron chi connectivity index (χ0n) is 7.46. The lowest BCUT2D eigenvalue weighted by Gasteiger charge is -2.28. The van der Waals surface area contributed by atoms with Crippen LogP contribution < -0.4 is 0 Å². The predicted octanol–water partition coefficient (Wildman–Crippen LogP) is 0.447. The van der Waals surface area contributed by atoms with E-state index in [1.54, 1.807) is 0 Å². The number of rotatable bonds is 0. The van der Waals surface area contributed by atoms with Crippen LogP contribution in [0.4, 0.5) is 0 Å². The van der Waals surface area contributed by atoms with Crippen LogP contribution in [0.25, 0.3) is 0 Å². The van der Waals surface area contributed by atoms with E-state index in [2.05, 4.69) is 0 Å². The van der Waals surface area contributed by atoms with Gasteiger partial charge in [0.2, 0.25) is 5.79 Å². The summed E-state index contributed by atoms with van der Waals surface area (Å²) in [6.07, 6.45) is 4.77. The lowest BCUT2D eigenvalue weighted by molar-refractivity contribution is -0.191. The average Bonchev–Trinajstić information content (AvgIpc) is 2.76. The van der Waals surface area contributed by atoms with Crippen LogP contribution in [-0.2, 0) is 0 Å². The Balaban J connectivity index is 2.12. The van der Waals surface area contributed by atoms with E-state index in [4.69, 9.17) is 0 Å². The molecule has 3 rings (SSSR count). The normalized spacial score (nSPS) is 47.6. The van der Waals surface area contributed by atoms with E-state index in [0.717, 1.165) is 6.42 Å². The molecule has 0 saturated heterocycles. The average molecular weight is 196 g/mol. The smallest absolute Gasteiger partial charge is 0.230 e. The number of hydrogen-bond acceptors (Lipinski definition) is 4. The van der Waals surface area contributed by atoms with E-state index >= 15 is 0 Å². The standard InChI is InChI=1S/C10H12O4/c11-8-6-4-1-2-5(3-4)7(6)10(13,14)9(8)12/h1-2,4-7,11-14H,3H2. The largest absolute Gasteiger partial charge is 0.508 e. The summed E-state index contributed by atoms with van der Waals surface area (Å²) >= 11 is 0. The third-order valence-electron chi connectivity index (χ3n) is 3.83. The van der Waals surface area contributed by atoms with Crippen LogP contribution in [0.15, 0.2) is 23.7 Å². The Labute approximate surface area is 80.8 Å². The molecule has 0 aromatic carbocycles. The molecule has 2 bridgehead atoms. The molecule has 4 atom stereocenters. The van der Waals surface area contributed by atoms with E-state index in [-0.39, 0.29) is 23.5 Å². The van der Waals surface area contributed by atoms with Crippen LogP contribution in [0.2, 0.25) is 0 Å². The van der Waals surface area contributed by atoms with E-state index < -0.39 is 17.5 Å². The van der Waals surface area contributed by atoms with Crippen LogP contribution in [0.3, 0.4) is 0 Å². The van der Waals surface area contributed by atoms with Gasteiger partial charge >= 0.3 is 0 Å². The topological polar surface area (TPSA) is 80.9 Å². The summed E-state index contributed by atoms with van der Waals surface area (Å²) in [7, 11) is 0. The molecule has 0 aliphatic heterocycles. The lowest BCUT2D eigenvalue weighted by Crippen LogP contribution is -2.40. The zero-order chi connectivity index (χ0) is 10.1. The predicted molar refractivity (Wildman–Crippen MR) is 47.2 cm³/mol. The van der Waals surface area contributed by atoms with E-state index in [1.165, 1.54) is 0 Å². The molecule has 1 fully saturated rings. The van der Waals surface area contributed by atoms with Crippen molar-refractivity contribution in [2.24, 2.45) is 23.7 Å². The van der Waals surface area contributed by atoms with Crippen molar-refractivity contribution in [3.63, 3.8) is 0 Å². The molecule has 0 amide bonds. The molecule has 4 N–H and O–H groups in total. The zero-order valence-corrected chi connectivity index (χ0v) is 7.46. The maximum absolute atomic E-state index is 9.68. The lowest BCUT2D eigenvalue weighted by atomic mass is 9.82. The Hall–Kier alpha value is -1.00. The maximum atomic E-state index is 9.68. The Morgan fingerprint density at radius 1 is 1.14 bits per heavy atom. The Bertz CT molecular complexity index is 355. The summed E-state index contributed by atoms with van der Waals surface area (Å²) in [5.74, 6) is -3.71. The van der Waals surface area contributed by atoms with Crippen molar-refractivity contribution in [3.8, 4) is 0 Å². The number of allylic oxidation sites excluding steroid dienone is 3. The fourth-order valence-corrected chi connectivity index (χ4v) is 3.25. The quantitative estimate of drug-likeness (QED) is 0.335. The molecule has 0 heterocycles. The highest BCUT2D eigenvalue weighted by Crippen LogP contribution is 2.59. The van der Waals surface area contributed by atoms with Crippen molar-refractivity contribution in [1.29, 1.82) is 0 Å². The molecule has 0 radical (unpaired) electrons. The molecular weight excluding hydrogens is 184 g/mol. The van der Waals surface area contributed by atoms with Crippen LogP contribution in [0.5, 0.6) is 0 Å². The molecule has 0 spiro atoms. The molecule has 4 unspecified atom stereocenters. The fourth-order valence-electron chi connectivity index (χ4n) is 3.25. The van der Waals surface area contributed by atoms with Crippen LogP contribution in [0, 0.1) is 23.7 Å². The van der Waals surface area contributed by atoms with E-state index in [0.29, 0.717) is 0 Å². The Kier molecular flexibility index (Phi) is 1.28. The van der Waals surface area contributed by atoms with Gasteiger partial charge in [0.25, 0.3) is 0 Å². The molecular formula is C10H12O4. The van der Waals surface area contributed by atoms with Gasteiger partial charge in [0.15, 0.2) is 5.76 Å². The Morgan fingerprint density at radius 3 is 2.43 bits per heavy atom. The first-order valence-corrected chi connectivity index (χ1v) is 4.79. The van der Waals surface area contributed by atoms with Crippen molar-refractivity contribution in [1.82, 2.24) is 0 Å². The first-order chi connectivity index (χ1) is 6.53. The minimum absolute atomic E-state index is 0.0619. The van der Waals surface area contributed by atoms with Crippen LogP contribution in [-0.4, -0.2) is 26.2 Å². The van der Waals surface area contributed by atoms with Gasteiger partial charge in [0.1, 0.15) is 5.76 Å². The first kappa shape index (κ1) is 8.32. The van der Waals surface area contributed by atoms with Crippen molar-refractivity contribution in [3.05, 3.63) is 23.7 Å². The van der Waals surface area contributed by atoms with Gasteiger partial charge in [-0.05, 0) is 18.3 Å². The van der Waals surface area contributed by atoms with Gasteiger partial charge < -0.3 is 20.4 Å². The second-order valence-electron chi connectivity index (χ2n) is 4.46. The van der Waals surface area contributed by atoms with Gasteiger partial charge in [-0.1, -0.05) is 12.2 Å². The summed E-state index contributed by atoms with van der Waals surface area (Å²) in [6, 6.07) is 0. The fraction of sp³-hybridized carbons (Fsp3) is 0.600. The van der Waals surface area contributed by atoms with Gasteiger partial charge in [-0.3, -0.25) is 0 Å². The van der Waals surface area contributed by atoms with Gasteiger partial charge in [0, 0.05) is 11.8 Å². The second kappa shape index (κ2) is 2.15. The SMILES string of the molecule is OC1=C(O)C(O)(O)C2C3C=CC(C3)C12. The summed E-state index contributed by atoms with van der Waals surface area (Å²) in [5.41, 5.74) is 0. The van der Waals surface area contributed by atoms with E-state index in [9.17, 15) is 20.4 Å². The van der Waals surface area contributed by atoms with Crippen molar-refractivity contribution >= 4 is 0 Å². The monoisotopic (exact) mass is 196 g/mol. The number of aliphatic hydroxyl groups excluding tert-OH is 2. The van der Waals surface area contributed by atoms with Gasteiger partial charge in [-0.15, -0.1) is 0 Å². The van der Waals surface area contributed by atoms with Gasteiger partial charge in [-0.2, -0.15) is 0 Å². The molecule has 4 heteroatoms. The number of fused-ring (bicyclic) bond motifs is 5. The van der Waals surface area contributed by atoms with Crippen molar-refractivity contribution < 1.29 is 20.4 Å². The Morgan fingerprint density at radius 2 is 1.79 bits per heavy atom. The summed E-state index contributed by atoms with van der Waals surface area (Å²) in [4.78, 5) is 0. The van der Waals surface area contributed by atoms with Gasteiger partial charge in [-0.25, -0.2) is 0 Å². The molecule has 0 aromatic rings. The molecule has 3 aliphatic carbocycles. The van der Waals surface area contributed by atoms with E-state index in [1.807, 2.05) is 12.2 Å². The third kappa shape index (κ3) is 0.688. The minimum atomic E-state index is -2.24. The summed E-state index contributed by atoms with van der Waals surface area (Å²) in [6.45, 7) is 0. The molecule has 4 nitrogen and oxygen atoms in total. The molecule has 1 saturated carbocycles. The number of aliphatic hydroxyl groups is 4. The number of hydrogen-bond donors (Lipinski definition) is 4. The molecule has 0 aromatic heterocycles. The van der Waals surface area contributed by atoms with Gasteiger partial charge in [0.05, 0.1) is 0 Å². The van der Waals surface area contributed by atoms with Crippen LogP contribution in [0.1, 0.15) is 6.42 Å². The van der Waals surface area contributed by atoms with Crippen molar-refractivity contribution in [2.45, 2.75) is 12.2 Å². The highest BCUT2D eigenvalue weighted by molar-refractivity contribution is 5.32. The summed E-state index contributed by atoms with van der Waals surface area (Å²) < 4.78 is 0. The molecule has 14 heavy (non-hydrogen) atoms. The van der Waals surface area contributed by atoms with Crippen molar-refractivity contribution in [2.75, 3.05) is 0 Å². The third-order valence-corrected chi connectivity index (χ3v) is 3.83. The summed E-state index contributed by atoms with van der Waals surface area (Å²) in [5, 5.41) is 38.4. The molecule has 3 aliphatic rings. The highest BCUT2D eigenvalue weighted by Gasteiger charge is 2.62. The van der Waals surface area contributed by atoms with Crippen LogP contribution >= 0.6 is 0 Å². The maximum Gasteiger partial charge on any atom is 0.230 e. The minimum Gasteiger partial charge on any atom is -0.508 e. The highest BCUT2D eigenvalue weighted by atomic mass is 16.5. The first-order valence-electron chi connectivity index (χ1n) is 4.79. The second-order valence-corrected chi connectivity index (χ2v) is 4.46. The molecule has 76 valence electrons.